The maximum Gasteiger partial charge on any atom is 0.348 e. The second kappa shape index (κ2) is 9.06. The first-order chi connectivity index (χ1) is 14.5. The van der Waals surface area contributed by atoms with Crippen molar-refractivity contribution in [1.29, 1.82) is 0 Å². The molecule has 7 nitrogen and oxygen atoms in total. The fourth-order valence-corrected chi connectivity index (χ4v) is 4.95. The van der Waals surface area contributed by atoms with Gasteiger partial charge in [0.15, 0.2) is 11.5 Å². The second-order valence-corrected chi connectivity index (χ2v) is 8.48. The number of likely N-dealkylation sites (tertiary alicyclic amines) is 1. The van der Waals surface area contributed by atoms with Crippen molar-refractivity contribution in [2.24, 2.45) is 0 Å². The van der Waals surface area contributed by atoms with Crippen molar-refractivity contribution in [2.75, 3.05) is 38.2 Å². The van der Waals surface area contributed by atoms with Crippen LogP contribution in [0.4, 0.5) is 5.00 Å². The van der Waals surface area contributed by atoms with Crippen molar-refractivity contribution in [3.8, 4) is 11.5 Å². The Morgan fingerprint density at radius 1 is 1.23 bits per heavy atom. The van der Waals surface area contributed by atoms with E-state index >= 15 is 0 Å². The summed E-state index contributed by atoms with van der Waals surface area (Å²) in [6, 6.07) is 8.03. The highest BCUT2D eigenvalue weighted by molar-refractivity contribution is 7.18. The lowest BCUT2D eigenvalue weighted by atomic mass is 10.0. The molecule has 0 unspecified atom stereocenters. The number of benzene rings is 1. The van der Waals surface area contributed by atoms with Gasteiger partial charge in [-0.25, -0.2) is 4.79 Å². The number of hydrogen-bond acceptors (Lipinski definition) is 7. The highest BCUT2D eigenvalue weighted by atomic mass is 32.1. The van der Waals surface area contributed by atoms with E-state index in [1.165, 1.54) is 11.3 Å². The van der Waals surface area contributed by atoms with Crippen LogP contribution >= 0.6 is 11.3 Å². The predicted octanol–water partition coefficient (Wildman–Crippen LogP) is 3.78. The van der Waals surface area contributed by atoms with Crippen LogP contribution in [-0.2, 0) is 9.53 Å². The first-order valence-corrected chi connectivity index (χ1v) is 11.1. The van der Waals surface area contributed by atoms with Gasteiger partial charge in [-0.3, -0.25) is 9.69 Å². The van der Waals surface area contributed by atoms with Crippen LogP contribution in [0.1, 0.15) is 46.6 Å². The highest BCUT2D eigenvalue weighted by Gasteiger charge is 2.29. The number of anilines is 1. The van der Waals surface area contributed by atoms with Crippen LogP contribution in [0.15, 0.2) is 24.3 Å². The maximum atomic E-state index is 12.7. The number of hydrogen-bond donors (Lipinski definition) is 1. The van der Waals surface area contributed by atoms with Crippen LogP contribution in [0.25, 0.3) is 0 Å². The smallest absolute Gasteiger partial charge is 0.348 e. The number of fused-ring (bicyclic) bond motifs is 1. The van der Waals surface area contributed by atoms with Crippen LogP contribution in [0.2, 0.25) is 0 Å². The first-order valence-electron chi connectivity index (χ1n) is 10.3. The standard InChI is InChI=1S/C22H26N2O5S/c1-3-27-22(26)21-14(2)11-20(30-21)23-19(25)13-24-8-4-5-16(24)15-6-7-17-18(12-15)29-10-9-28-17/h6-7,11-12,16H,3-5,8-10,13H2,1-2H3,(H,23,25)/t16-/m0/s1. The third-order valence-corrected chi connectivity index (χ3v) is 6.44. The van der Waals surface area contributed by atoms with E-state index < -0.39 is 0 Å². The SMILES string of the molecule is CCOC(=O)c1sc(NC(=O)CN2CCC[C@H]2c2ccc3c(c2)OCCO3)cc1C. The molecule has 160 valence electrons. The van der Waals surface area contributed by atoms with Crippen molar-refractivity contribution in [2.45, 2.75) is 32.7 Å². The number of esters is 1. The average molecular weight is 431 g/mol. The van der Waals surface area contributed by atoms with E-state index in [9.17, 15) is 9.59 Å². The van der Waals surface area contributed by atoms with Crippen LogP contribution in [-0.4, -0.2) is 49.7 Å². The van der Waals surface area contributed by atoms with Crippen LogP contribution in [0.3, 0.4) is 0 Å². The molecule has 2 aliphatic heterocycles. The summed E-state index contributed by atoms with van der Waals surface area (Å²) in [5, 5.41) is 3.60. The van der Waals surface area contributed by atoms with Crippen molar-refractivity contribution >= 4 is 28.2 Å². The Kier molecular flexibility index (Phi) is 6.24. The molecule has 2 aliphatic rings. The molecule has 30 heavy (non-hydrogen) atoms. The first kappa shape index (κ1) is 20.7. The van der Waals surface area contributed by atoms with E-state index in [1.54, 1.807) is 6.92 Å². The lowest BCUT2D eigenvalue weighted by Crippen LogP contribution is -2.32. The fourth-order valence-electron chi connectivity index (χ4n) is 3.96. The Morgan fingerprint density at radius 3 is 2.83 bits per heavy atom. The summed E-state index contributed by atoms with van der Waals surface area (Å²) in [4.78, 5) is 27.4. The summed E-state index contributed by atoms with van der Waals surface area (Å²) in [6.07, 6.45) is 2.04. The monoisotopic (exact) mass is 430 g/mol. The van der Waals surface area contributed by atoms with Gasteiger partial charge in [-0.05, 0) is 62.6 Å². The molecule has 1 amide bonds. The minimum Gasteiger partial charge on any atom is -0.486 e. The van der Waals surface area contributed by atoms with Gasteiger partial charge in [0, 0.05) is 6.04 Å². The molecule has 2 aromatic rings. The summed E-state index contributed by atoms with van der Waals surface area (Å²) in [5.74, 6) is 1.11. The molecule has 0 spiro atoms. The van der Waals surface area contributed by atoms with Gasteiger partial charge in [0.2, 0.25) is 5.91 Å². The van der Waals surface area contributed by atoms with Gasteiger partial charge in [0.05, 0.1) is 18.2 Å². The zero-order valence-electron chi connectivity index (χ0n) is 17.2. The Hall–Kier alpha value is -2.58. The lowest BCUT2D eigenvalue weighted by Gasteiger charge is -2.26. The predicted molar refractivity (Wildman–Crippen MR) is 115 cm³/mol. The number of nitrogens with one attached hydrogen (secondary N) is 1. The zero-order valence-corrected chi connectivity index (χ0v) is 18.0. The zero-order chi connectivity index (χ0) is 21.1. The van der Waals surface area contributed by atoms with E-state index in [-0.39, 0.29) is 17.9 Å². The molecular weight excluding hydrogens is 404 g/mol. The van der Waals surface area contributed by atoms with E-state index in [1.807, 2.05) is 25.1 Å². The number of nitrogens with zero attached hydrogens (tertiary/aromatic N) is 1. The van der Waals surface area contributed by atoms with Gasteiger partial charge >= 0.3 is 5.97 Å². The van der Waals surface area contributed by atoms with Crippen LogP contribution < -0.4 is 14.8 Å². The number of rotatable bonds is 6. The number of aryl methyl sites for hydroxylation is 1. The number of carbonyl (C=O) groups is 2. The van der Waals surface area contributed by atoms with E-state index in [0.29, 0.717) is 36.2 Å². The van der Waals surface area contributed by atoms with Gasteiger partial charge in [-0.15, -0.1) is 11.3 Å². The lowest BCUT2D eigenvalue weighted by molar-refractivity contribution is -0.117. The minimum atomic E-state index is -0.348. The minimum absolute atomic E-state index is 0.0869. The molecule has 0 saturated carbocycles. The Bertz CT molecular complexity index is 942. The van der Waals surface area contributed by atoms with E-state index in [2.05, 4.69) is 16.3 Å². The molecule has 8 heteroatoms. The number of amides is 1. The Morgan fingerprint density at radius 2 is 2.03 bits per heavy atom. The van der Waals surface area contributed by atoms with Crippen molar-refractivity contribution < 1.29 is 23.8 Å². The normalized spacial score (nSPS) is 18.3. The van der Waals surface area contributed by atoms with Crippen molar-refractivity contribution in [3.63, 3.8) is 0 Å². The van der Waals surface area contributed by atoms with Gasteiger partial charge < -0.3 is 19.5 Å². The fraction of sp³-hybridized carbons (Fsp3) is 0.455. The molecule has 1 aromatic heterocycles. The average Bonchev–Trinajstić information content (AvgIpc) is 3.34. The van der Waals surface area contributed by atoms with Crippen molar-refractivity contribution in [3.05, 3.63) is 40.3 Å². The van der Waals surface area contributed by atoms with Gasteiger partial charge in [-0.2, -0.15) is 0 Å². The molecule has 1 fully saturated rings. The number of ether oxygens (including phenoxy) is 3. The number of thiophene rings is 1. The molecule has 1 atom stereocenters. The quantitative estimate of drug-likeness (QED) is 0.703. The molecule has 3 heterocycles. The molecule has 0 radical (unpaired) electrons. The van der Waals surface area contributed by atoms with E-state index in [4.69, 9.17) is 14.2 Å². The third-order valence-electron chi connectivity index (χ3n) is 5.30. The van der Waals surface area contributed by atoms with Gasteiger partial charge in [-0.1, -0.05) is 6.07 Å². The summed E-state index contributed by atoms with van der Waals surface area (Å²) < 4.78 is 16.4. The highest BCUT2D eigenvalue weighted by Crippen LogP contribution is 2.38. The molecule has 0 aliphatic carbocycles. The van der Waals surface area contributed by atoms with Gasteiger partial charge in [0.25, 0.3) is 0 Å². The molecule has 1 N–H and O–H groups in total. The Labute approximate surface area is 179 Å². The molecule has 1 aromatic carbocycles. The Balaban J connectivity index is 1.40. The molecule has 1 saturated heterocycles. The van der Waals surface area contributed by atoms with Gasteiger partial charge in [0.1, 0.15) is 18.1 Å². The van der Waals surface area contributed by atoms with E-state index in [0.717, 1.165) is 42.0 Å². The molecule has 4 rings (SSSR count). The van der Waals surface area contributed by atoms with Crippen LogP contribution in [0, 0.1) is 6.92 Å². The largest absolute Gasteiger partial charge is 0.486 e. The second-order valence-electron chi connectivity index (χ2n) is 7.42. The molecular formula is C22H26N2O5S. The topological polar surface area (TPSA) is 77.1 Å². The third kappa shape index (κ3) is 4.44. The summed E-state index contributed by atoms with van der Waals surface area (Å²) in [6.45, 7) is 6.24. The maximum absolute atomic E-state index is 12.7. The summed E-state index contributed by atoms with van der Waals surface area (Å²) >= 11 is 1.25. The van der Waals surface area contributed by atoms with Crippen molar-refractivity contribution in [1.82, 2.24) is 4.90 Å². The summed E-state index contributed by atoms with van der Waals surface area (Å²) in [7, 11) is 0. The summed E-state index contributed by atoms with van der Waals surface area (Å²) in [5.41, 5.74) is 1.95. The number of carbonyl (C=O) groups excluding carboxylic acids is 2. The molecule has 0 bridgehead atoms. The van der Waals surface area contributed by atoms with Crippen LogP contribution in [0.5, 0.6) is 11.5 Å².